The largest absolute Gasteiger partial charge is 0.394 e. The molecular formula is C4H5N3S3. The number of rotatable bonds is 0. The highest BCUT2D eigenvalue weighted by atomic mass is 32.1. The summed E-state index contributed by atoms with van der Waals surface area (Å²) in [7, 11) is 0. The minimum absolute atomic E-state index is 0.423. The van der Waals surface area contributed by atoms with E-state index in [-0.39, 0.29) is 0 Å². The van der Waals surface area contributed by atoms with Crippen molar-refractivity contribution >= 4 is 42.8 Å². The highest BCUT2D eigenvalue weighted by Gasteiger charge is 1.94. The van der Waals surface area contributed by atoms with E-state index in [1.54, 1.807) is 0 Å². The summed E-state index contributed by atoms with van der Waals surface area (Å²) >= 11 is 13.6. The molecule has 0 aromatic carbocycles. The molecule has 4 N–H and O–H groups in total. The quantitative estimate of drug-likeness (QED) is 0.287. The van der Waals surface area contributed by atoms with Crippen molar-refractivity contribution < 1.29 is 0 Å². The van der Waals surface area contributed by atoms with Crippen LogP contribution >= 0.6 is 37.1 Å². The first-order valence-electron chi connectivity index (χ1n) is 2.42. The Labute approximate surface area is 73.1 Å². The molecule has 0 saturated heterocycles. The molecule has 0 saturated carbocycles. The van der Waals surface area contributed by atoms with Crippen LogP contribution in [0.3, 0.4) is 0 Å². The molecule has 0 amide bonds. The van der Waals surface area contributed by atoms with Crippen LogP contribution < -0.4 is 5.73 Å². The predicted octanol–water partition coefficient (Wildman–Crippen LogP) is 1.67. The second-order valence-corrected chi connectivity index (χ2v) is 2.93. The van der Waals surface area contributed by atoms with Crippen molar-refractivity contribution in [3.63, 3.8) is 0 Å². The Balaban J connectivity index is 3.62. The summed E-state index contributed by atoms with van der Waals surface area (Å²) < 4.78 is 0.859. The van der Waals surface area contributed by atoms with Crippen molar-refractivity contribution in [2.75, 3.05) is 5.73 Å². The molecule has 3 nitrogen and oxygen atoms in total. The summed E-state index contributed by atoms with van der Waals surface area (Å²) in [6.07, 6.45) is 0. The summed E-state index contributed by atoms with van der Waals surface area (Å²) in [5.74, 6) is 0. The highest BCUT2D eigenvalue weighted by molar-refractivity contribution is 7.80. The number of hydrogen-bond donors (Lipinski definition) is 4. The average Bonchev–Trinajstić information content (AvgIpc) is 1.82. The van der Waals surface area contributed by atoms with E-state index in [2.05, 4.69) is 22.6 Å². The van der Waals surface area contributed by atoms with E-state index in [0.717, 1.165) is 0 Å². The van der Waals surface area contributed by atoms with Crippen molar-refractivity contribution in [1.29, 1.82) is 0 Å². The number of aromatic nitrogens is 2. The zero-order valence-electron chi connectivity index (χ0n) is 4.84. The fraction of sp³-hybridized carbons (Fsp3) is 0. The van der Waals surface area contributed by atoms with Crippen molar-refractivity contribution in [1.82, 2.24) is 9.97 Å². The van der Waals surface area contributed by atoms with Crippen LogP contribution in [0, 0.1) is 9.41 Å². The minimum atomic E-state index is 0.423. The molecule has 1 aromatic heterocycles. The van der Waals surface area contributed by atoms with Crippen LogP contribution in [-0.4, -0.2) is 9.97 Å². The maximum absolute atomic E-state index is 5.46. The summed E-state index contributed by atoms with van der Waals surface area (Å²) in [4.78, 5) is 5.39. The van der Waals surface area contributed by atoms with Gasteiger partial charge in [0.2, 0.25) is 0 Å². The van der Waals surface area contributed by atoms with Crippen LogP contribution in [0.15, 0.2) is 5.03 Å². The lowest BCUT2D eigenvalue weighted by Crippen LogP contribution is -1.94. The fourth-order valence-electron chi connectivity index (χ4n) is 0.484. The number of nitrogens with one attached hydrogen (secondary N) is 2. The van der Waals surface area contributed by atoms with Gasteiger partial charge in [0.15, 0.2) is 4.77 Å². The van der Waals surface area contributed by atoms with Crippen LogP contribution in [0.4, 0.5) is 5.69 Å². The molecule has 0 unspecified atom stereocenters. The molecule has 0 aliphatic heterocycles. The number of anilines is 1. The van der Waals surface area contributed by atoms with Gasteiger partial charge in [0.1, 0.15) is 4.64 Å². The molecule has 0 atom stereocenters. The number of nitrogens with two attached hydrogens (primary N) is 1. The topological polar surface area (TPSA) is 57.6 Å². The molecule has 0 radical (unpaired) electrons. The van der Waals surface area contributed by atoms with E-state index in [9.17, 15) is 0 Å². The van der Waals surface area contributed by atoms with Crippen LogP contribution in [-0.2, 0) is 0 Å². The summed E-state index contributed by atoms with van der Waals surface area (Å²) in [5.41, 5.74) is 5.88. The molecule has 0 spiro atoms. The molecule has 1 heterocycles. The number of hydrogen-bond acceptors (Lipinski definition) is 4. The Hall–Kier alpha value is -0.330. The lowest BCUT2D eigenvalue weighted by Gasteiger charge is -1.96. The molecule has 6 heteroatoms. The third kappa shape index (κ3) is 1.39. The van der Waals surface area contributed by atoms with Gasteiger partial charge < -0.3 is 15.7 Å². The van der Waals surface area contributed by atoms with Gasteiger partial charge in [-0.05, 0) is 12.2 Å². The van der Waals surface area contributed by atoms with E-state index in [1.807, 2.05) is 0 Å². The summed E-state index contributed by atoms with van der Waals surface area (Å²) in [5, 5.41) is 0.508. The SMILES string of the molecule is Nc1c(S)[nH]c(=S)[nH]c1=S. The molecule has 0 fully saturated rings. The first kappa shape index (κ1) is 7.77. The van der Waals surface area contributed by atoms with Crippen molar-refractivity contribution in [2.24, 2.45) is 0 Å². The number of H-pyrrole nitrogens is 2. The standard InChI is InChI=1S/C4H5N3S3/c5-1-2(8)6-4(10)7-3(1)9/h5H2,(H3,6,7,8,9,10). The van der Waals surface area contributed by atoms with E-state index in [4.69, 9.17) is 30.2 Å². The lowest BCUT2D eigenvalue weighted by molar-refractivity contribution is 1.03. The lowest BCUT2D eigenvalue weighted by atomic mass is 10.6. The van der Waals surface area contributed by atoms with Gasteiger partial charge in [0.25, 0.3) is 0 Å². The monoisotopic (exact) mass is 191 g/mol. The number of nitrogen functional groups attached to an aromatic ring is 1. The van der Waals surface area contributed by atoms with E-state index in [1.165, 1.54) is 0 Å². The molecule has 1 rings (SSSR count). The van der Waals surface area contributed by atoms with Gasteiger partial charge in [-0.1, -0.05) is 12.2 Å². The van der Waals surface area contributed by atoms with Crippen LogP contribution in [0.1, 0.15) is 0 Å². The second-order valence-electron chi connectivity index (χ2n) is 1.67. The Morgan fingerprint density at radius 2 is 1.90 bits per heavy atom. The van der Waals surface area contributed by atoms with Crippen molar-refractivity contribution in [3.8, 4) is 0 Å². The van der Waals surface area contributed by atoms with Gasteiger partial charge in [0.05, 0.1) is 10.7 Å². The smallest absolute Gasteiger partial charge is 0.176 e. The van der Waals surface area contributed by atoms with Crippen molar-refractivity contribution in [3.05, 3.63) is 9.41 Å². The normalized spacial score (nSPS) is 9.70. The number of aromatic amines is 2. The summed E-state index contributed by atoms with van der Waals surface area (Å²) in [6.45, 7) is 0. The van der Waals surface area contributed by atoms with Gasteiger partial charge >= 0.3 is 0 Å². The zero-order chi connectivity index (χ0) is 7.72. The van der Waals surface area contributed by atoms with Crippen LogP contribution in [0.5, 0.6) is 0 Å². The third-order valence-corrected chi connectivity index (χ3v) is 1.84. The maximum Gasteiger partial charge on any atom is 0.176 e. The maximum atomic E-state index is 5.46. The van der Waals surface area contributed by atoms with Gasteiger partial charge in [-0.25, -0.2) is 0 Å². The molecule has 10 heavy (non-hydrogen) atoms. The fourth-order valence-corrected chi connectivity index (χ4v) is 1.33. The molecule has 0 bridgehead atoms. The summed E-state index contributed by atoms with van der Waals surface area (Å²) in [6, 6.07) is 0. The highest BCUT2D eigenvalue weighted by Crippen LogP contribution is 2.11. The average molecular weight is 191 g/mol. The zero-order valence-corrected chi connectivity index (χ0v) is 7.37. The Bertz CT molecular complexity index is 350. The first-order chi connectivity index (χ1) is 4.61. The Morgan fingerprint density at radius 3 is 2.40 bits per heavy atom. The Morgan fingerprint density at radius 1 is 1.30 bits per heavy atom. The van der Waals surface area contributed by atoms with Crippen LogP contribution in [0.2, 0.25) is 0 Å². The third-order valence-electron chi connectivity index (χ3n) is 0.959. The molecule has 1 aromatic rings. The minimum Gasteiger partial charge on any atom is -0.394 e. The predicted molar refractivity (Wildman–Crippen MR) is 48.5 cm³/mol. The molecular weight excluding hydrogens is 186 g/mol. The van der Waals surface area contributed by atoms with Crippen molar-refractivity contribution in [2.45, 2.75) is 5.03 Å². The van der Waals surface area contributed by atoms with Gasteiger partial charge in [-0.3, -0.25) is 0 Å². The van der Waals surface area contributed by atoms with Gasteiger partial charge in [-0.2, -0.15) is 0 Å². The number of thiol groups is 1. The van der Waals surface area contributed by atoms with Crippen LogP contribution in [0.25, 0.3) is 0 Å². The molecule has 0 aliphatic rings. The first-order valence-corrected chi connectivity index (χ1v) is 3.68. The van der Waals surface area contributed by atoms with E-state index in [0.29, 0.717) is 20.1 Å². The Kier molecular flexibility index (Phi) is 2.12. The van der Waals surface area contributed by atoms with E-state index < -0.39 is 0 Å². The van der Waals surface area contributed by atoms with Gasteiger partial charge in [0, 0.05) is 0 Å². The molecule has 0 aliphatic carbocycles. The van der Waals surface area contributed by atoms with Gasteiger partial charge in [-0.15, -0.1) is 12.6 Å². The second kappa shape index (κ2) is 2.73. The van der Waals surface area contributed by atoms with E-state index >= 15 is 0 Å². The molecule has 54 valence electrons.